The van der Waals surface area contributed by atoms with Crippen LogP contribution in [-0.4, -0.2) is 15.0 Å². The van der Waals surface area contributed by atoms with Gasteiger partial charge in [-0.1, -0.05) is 23.8 Å². The Labute approximate surface area is 152 Å². The van der Waals surface area contributed by atoms with E-state index in [-0.39, 0.29) is 0 Å². The minimum Gasteiger partial charge on any atom is -0.211 e. The Morgan fingerprint density at radius 3 is 1.84 bits per heavy atom. The number of hydrogen-bond donors (Lipinski definition) is 1. The zero-order valence-electron chi connectivity index (χ0n) is 16.4. The molecule has 25 heavy (non-hydrogen) atoms. The Morgan fingerprint density at radius 1 is 0.800 bits per heavy atom. The molecular weight excluding hydrogens is 330 g/mol. The SMILES string of the molecule is Cc1ccc(CCNS(=O)(=O)c2c(C)c(C)c(C)c(C)c2C)c(C)c1. The molecule has 0 unspecified atom stereocenters. The van der Waals surface area contributed by atoms with Crippen LogP contribution in [-0.2, 0) is 16.4 Å². The second kappa shape index (κ2) is 7.30. The molecule has 0 fully saturated rings. The maximum atomic E-state index is 12.9. The largest absolute Gasteiger partial charge is 0.241 e. The van der Waals surface area contributed by atoms with Crippen LogP contribution in [0.25, 0.3) is 0 Å². The van der Waals surface area contributed by atoms with Crippen LogP contribution in [0.5, 0.6) is 0 Å². The van der Waals surface area contributed by atoms with Gasteiger partial charge in [0.05, 0.1) is 4.90 Å². The third kappa shape index (κ3) is 3.96. The van der Waals surface area contributed by atoms with Gasteiger partial charge in [0.1, 0.15) is 0 Å². The first-order valence-corrected chi connectivity index (χ1v) is 10.2. The highest BCUT2D eigenvalue weighted by Crippen LogP contribution is 2.29. The molecule has 0 saturated carbocycles. The van der Waals surface area contributed by atoms with Crippen LogP contribution in [0, 0.1) is 48.5 Å². The molecule has 0 heterocycles. The van der Waals surface area contributed by atoms with Gasteiger partial charge in [-0.15, -0.1) is 0 Å². The van der Waals surface area contributed by atoms with Crippen LogP contribution >= 0.6 is 0 Å². The standard InChI is InChI=1S/C21H29NO2S/c1-13-8-9-20(14(2)12-13)10-11-22-25(23,24)21-18(6)16(4)15(3)17(5)19(21)7/h8-9,12,22H,10-11H2,1-7H3. The van der Waals surface area contributed by atoms with Crippen molar-refractivity contribution in [1.82, 2.24) is 4.72 Å². The Kier molecular flexibility index (Phi) is 5.75. The number of hydrogen-bond acceptors (Lipinski definition) is 2. The van der Waals surface area contributed by atoms with Gasteiger partial charge in [-0.3, -0.25) is 0 Å². The molecule has 0 aromatic heterocycles. The monoisotopic (exact) mass is 359 g/mol. The molecule has 2 aromatic carbocycles. The lowest BCUT2D eigenvalue weighted by atomic mass is 9.95. The van der Waals surface area contributed by atoms with Crippen LogP contribution in [0.15, 0.2) is 23.1 Å². The molecule has 0 aliphatic heterocycles. The zero-order chi connectivity index (χ0) is 18.9. The Balaban J connectivity index is 2.26. The minimum absolute atomic E-state index is 0.400. The van der Waals surface area contributed by atoms with Crippen LogP contribution in [0.1, 0.15) is 44.5 Å². The quantitative estimate of drug-likeness (QED) is 0.862. The van der Waals surface area contributed by atoms with E-state index in [1.165, 1.54) is 22.3 Å². The van der Waals surface area contributed by atoms with Crippen molar-refractivity contribution < 1.29 is 8.42 Å². The van der Waals surface area contributed by atoms with Gasteiger partial charge in [-0.2, -0.15) is 0 Å². The van der Waals surface area contributed by atoms with Crippen LogP contribution < -0.4 is 4.72 Å². The number of aryl methyl sites for hydroxylation is 2. The third-order valence-electron chi connectivity index (χ3n) is 5.38. The van der Waals surface area contributed by atoms with E-state index in [2.05, 4.69) is 43.7 Å². The van der Waals surface area contributed by atoms with Crippen molar-refractivity contribution >= 4 is 10.0 Å². The van der Waals surface area contributed by atoms with Crippen LogP contribution in [0.2, 0.25) is 0 Å². The maximum absolute atomic E-state index is 12.9. The smallest absolute Gasteiger partial charge is 0.211 e. The van der Waals surface area contributed by atoms with E-state index >= 15 is 0 Å². The van der Waals surface area contributed by atoms with Crippen molar-refractivity contribution in [2.45, 2.75) is 59.8 Å². The molecule has 2 rings (SSSR count). The van der Waals surface area contributed by atoms with Crippen LogP contribution in [0.3, 0.4) is 0 Å². The first kappa shape index (κ1) is 19.7. The number of rotatable bonds is 5. The predicted molar refractivity (Wildman–Crippen MR) is 105 cm³/mol. The van der Waals surface area contributed by atoms with Crippen LogP contribution in [0.4, 0.5) is 0 Å². The minimum atomic E-state index is -3.52. The third-order valence-corrected chi connectivity index (χ3v) is 7.12. The summed E-state index contributed by atoms with van der Waals surface area (Å²) < 4.78 is 28.6. The molecule has 3 nitrogen and oxygen atoms in total. The molecule has 0 aliphatic carbocycles. The van der Waals surface area contributed by atoms with E-state index in [9.17, 15) is 8.42 Å². The molecule has 0 aliphatic rings. The lowest BCUT2D eigenvalue weighted by Gasteiger charge is -2.19. The van der Waals surface area contributed by atoms with E-state index in [0.717, 1.165) is 22.3 Å². The molecule has 2 aromatic rings. The predicted octanol–water partition coefficient (Wildman–Crippen LogP) is 4.37. The van der Waals surface area contributed by atoms with Gasteiger partial charge in [0.25, 0.3) is 0 Å². The number of benzene rings is 2. The lowest BCUT2D eigenvalue weighted by molar-refractivity contribution is 0.580. The molecule has 0 bridgehead atoms. The summed E-state index contributed by atoms with van der Waals surface area (Å²) >= 11 is 0. The highest BCUT2D eigenvalue weighted by atomic mass is 32.2. The van der Waals surface area contributed by atoms with Gasteiger partial charge in [-0.25, -0.2) is 13.1 Å². The summed E-state index contributed by atoms with van der Waals surface area (Å²) in [6.07, 6.45) is 0.688. The second-order valence-electron chi connectivity index (χ2n) is 7.03. The van der Waals surface area contributed by atoms with Crippen molar-refractivity contribution in [3.8, 4) is 0 Å². The van der Waals surface area contributed by atoms with Crippen molar-refractivity contribution in [3.63, 3.8) is 0 Å². The second-order valence-corrected chi connectivity index (χ2v) is 8.74. The summed E-state index contributed by atoms with van der Waals surface area (Å²) in [5.74, 6) is 0. The van der Waals surface area contributed by atoms with E-state index < -0.39 is 10.0 Å². The molecule has 1 N–H and O–H groups in total. The average Bonchev–Trinajstić information content (AvgIpc) is 2.53. The number of nitrogens with one attached hydrogen (secondary N) is 1. The highest BCUT2D eigenvalue weighted by Gasteiger charge is 2.23. The Hall–Kier alpha value is -1.65. The summed E-state index contributed by atoms with van der Waals surface area (Å²) in [6.45, 7) is 14.4. The van der Waals surface area contributed by atoms with Gasteiger partial charge < -0.3 is 0 Å². The first-order valence-electron chi connectivity index (χ1n) is 8.69. The summed E-state index contributed by atoms with van der Waals surface area (Å²) in [6, 6.07) is 6.28. The molecule has 0 spiro atoms. The summed E-state index contributed by atoms with van der Waals surface area (Å²) in [5, 5.41) is 0. The van der Waals surface area contributed by atoms with E-state index in [4.69, 9.17) is 0 Å². The normalized spacial score (nSPS) is 11.8. The van der Waals surface area contributed by atoms with Gasteiger partial charge in [-0.05, 0) is 93.8 Å². The van der Waals surface area contributed by atoms with Crippen molar-refractivity contribution in [2.75, 3.05) is 6.54 Å². The fraction of sp³-hybridized carbons (Fsp3) is 0.429. The topological polar surface area (TPSA) is 46.2 Å². The average molecular weight is 360 g/mol. The molecule has 4 heteroatoms. The van der Waals surface area contributed by atoms with Gasteiger partial charge in [0.2, 0.25) is 10.0 Å². The molecule has 0 saturated heterocycles. The lowest BCUT2D eigenvalue weighted by Crippen LogP contribution is -2.28. The molecule has 136 valence electrons. The zero-order valence-corrected chi connectivity index (χ0v) is 17.2. The first-order chi connectivity index (χ1) is 11.6. The van der Waals surface area contributed by atoms with Gasteiger partial charge >= 0.3 is 0 Å². The maximum Gasteiger partial charge on any atom is 0.241 e. The van der Waals surface area contributed by atoms with E-state index in [0.29, 0.717) is 17.9 Å². The highest BCUT2D eigenvalue weighted by molar-refractivity contribution is 7.89. The summed E-state index contributed by atoms with van der Waals surface area (Å²) in [5.41, 5.74) is 8.57. The van der Waals surface area contributed by atoms with E-state index in [1.54, 1.807) is 0 Å². The Morgan fingerprint density at radius 2 is 1.32 bits per heavy atom. The van der Waals surface area contributed by atoms with Crippen molar-refractivity contribution in [3.05, 3.63) is 62.7 Å². The van der Waals surface area contributed by atoms with Crippen molar-refractivity contribution in [2.24, 2.45) is 0 Å². The molecular formula is C21H29NO2S. The molecule has 0 amide bonds. The van der Waals surface area contributed by atoms with Gasteiger partial charge in [0.15, 0.2) is 0 Å². The fourth-order valence-electron chi connectivity index (χ4n) is 3.39. The Bertz CT molecular complexity index is 883. The molecule has 0 atom stereocenters. The summed E-state index contributed by atoms with van der Waals surface area (Å²) in [4.78, 5) is 0.439. The summed E-state index contributed by atoms with van der Waals surface area (Å²) in [7, 11) is -3.52. The van der Waals surface area contributed by atoms with E-state index in [1.807, 2.05) is 27.7 Å². The van der Waals surface area contributed by atoms with Gasteiger partial charge in [0, 0.05) is 6.54 Å². The fourth-order valence-corrected chi connectivity index (χ4v) is 5.01. The number of sulfonamides is 1. The van der Waals surface area contributed by atoms with Crippen molar-refractivity contribution in [1.29, 1.82) is 0 Å². The molecule has 0 radical (unpaired) electrons.